The van der Waals surface area contributed by atoms with Crippen molar-refractivity contribution in [1.82, 2.24) is 9.80 Å². The molecule has 1 spiro atoms. The maximum atomic E-state index is 2.75. The summed E-state index contributed by atoms with van der Waals surface area (Å²) in [7, 11) is 0. The van der Waals surface area contributed by atoms with Crippen molar-refractivity contribution < 1.29 is 0 Å². The van der Waals surface area contributed by atoms with Crippen molar-refractivity contribution in [3.8, 4) is 0 Å². The van der Waals surface area contributed by atoms with Crippen LogP contribution in [0.3, 0.4) is 0 Å². The van der Waals surface area contributed by atoms with Gasteiger partial charge in [0.05, 0.1) is 6.67 Å². The van der Waals surface area contributed by atoms with Gasteiger partial charge in [0.2, 0.25) is 0 Å². The molecule has 0 aromatic rings. The highest BCUT2D eigenvalue weighted by Gasteiger charge is 2.48. The predicted molar refractivity (Wildman–Crippen MR) is 81.1 cm³/mol. The van der Waals surface area contributed by atoms with E-state index in [1.54, 1.807) is 0 Å². The van der Waals surface area contributed by atoms with Crippen molar-refractivity contribution >= 4 is 0 Å². The topological polar surface area (TPSA) is 6.48 Å². The Balaban J connectivity index is 1.45. The second-order valence-corrected chi connectivity index (χ2v) is 7.81. The molecule has 0 atom stereocenters. The molecule has 0 bridgehead atoms. The van der Waals surface area contributed by atoms with Gasteiger partial charge < -0.3 is 0 Å². The Hall–Kier alpha value is -0.0800. The molecule has 110 valence electrons. The zero-order chi connectivity index (χ0) is 13.5. The first-order chi connectivity index (χ1) is 9.12. The summed E-state index contributed by atoms with van der Waals surface area (Å²) < 4.78 is 0. The lowest BCUT2D eigenvalue weighted by Crippen LogP contribution is -2.52. The van der Waals surface area contributed by atoms with Crippen molar-refractivity contribution in [2.75, 3.05) is 26.3 Å². The molecular weight excluding hydrogens is 232 g/mol. The van der Waals surface area contributed by atoms with Crippen LogP contribution in [0, 0.1) is 17.3 Å². The van der Waals surface area contributed by atoms with Gasteiger partial charge in [0, 0.05) is 19.1 Å². The standard InChI is InChI=1S/C17H32N2/c1-4-18-9-10-19(13-18)16-11-17(12-16)7-5-15(6-8-17)14(2)3/h14-16H,4-13H2,1-3H3. The molecule has 19 heavy (non-hydrogen) atoms. The van der Waals surface area contributed by atoms with Gasteiger partial charge in [-0.2, -0.15) is 0 Å². The summed E-state index contributed by atoms with van der Waals surface area (Å²) in [4.78, 5) is 5.34. The van der Waals surface area contributed by atoms with E-state index in [0.29, 0.717) is 0 Å². The zero-order valence-electron chi connectivity index (χ0n) is 13.2. The summed E-state index contributed by atoms with van der Waals surface area (Å²) in [5.41, 5.74) is 0.774. The Morgan fingerprint density at radius 1 is 1.11 bits per heavy atom. The van der Waals surface area contributed by atoms with Crippen LogP contribution in [0.25, 0.3) is 0 Å². The van der Waals surface area contributed by atoms with Gasteiger partial charge in [-0.05, 0) is 62.3 Å². The molecule has 0 unspecified atom stereocenters. The van der Waals surface area contributed by atoms with Crippen LogP contribution in [-0.4, -0.2) is 42.1 Å². The smallest absolute Gasteiger partial charge is 0.0509 e. The maximum Gasteiger partial charge on any atom is 0.0509 e. The molecule has 3 fully saturated rings. The van der Waals surface area contributed by atoms with Gasteiger partial charge in [0.1, 0.15) is 0 Å². The molecule has 1 aliphatic heterocycles. The summed E-state index contributed by atoms with van der Waals surface area (Å²) in [6.45, 7) is 12.2. The van der Waals surface area contributed by atoms with Crippen LogP contribution in [0.1, 0.15) is 59.3 Å². The Morgan fingerprint density at radius 2 is 1.79 bits per heavy atom. The average Bonchev–Trinajstić information content (AvgIpc) is 2.84. The van der Waals surface area contributed by atoms with Crippen LogP contribution < -0.4 is 0 Å². The summed E-state index contributed by atoms with van der Waals surface area (Å²) in [5, 5.41) is 0. The van der Waals surface area contributed by atoms with Crippen LogP contribution in [0.2, 0.25) is 0 Å². The van der Waals surface area contributed by atoms with E-state index in [1.807, 2.05) is 0 Å². The number of rotatable bonds is 3. The van der Waals surface area contributed by atoms with E-state index >= 15 is 0 Å². The molecule has 0 aromatic carbocycles. The van der Waals surface area contributed by atoms with Crippen molar-refractivity contribution in [2.45, 2.75) is 65.3 Å². The Labute approximate surface area is 119 Å². The van der Waals surface area contributed by atoms with E-state index in [4.69, 9.17) is 0 Å². The first-order valence-electron chi connectivity index (χ1n) is 8.58. The molecule has 2 aliphatic carbocycles. The number of likely N-dealkylation sites (N-methyl/N-ethyl adjacent to an activating group) is 1. The minimum absolute atomic E-state index is 0.774. The second-order valence-electron chi connectivity index (χ2n) is 7.81. The normalized spacial score (nSPS) is 41.1. The highest BCUT2D eigenvalue weighted by atomic mass is 15.4. The van der Waals surface area contributed by atoms with Crippen molar-refractivity contribution in [1.29, 1.82) is 0 Å². The highest BCUT2D eigenvalue weighted by molar-refractivity contribution is 5.01. The maximum absolute atomic E-state index is 2.75. The van der Waals surface area contributed by atoms with Gasteiger partial charge in [0.15, 0.2) is 0 Å². The van der Waals surface area contributed by atoms with Gasteiger partial charge in [-0.25, -0.2) is 0 Å². The van der Waals surface area contributed by atoms with E-state index < -0.39 is 0 Å². The predicted octanol–water partition coefficient (Wildman–Crippen LogP) is 3.58. The van der Waals surface area contributed by atoms with Crippen molar-refractivity contribution in [3.63, 3.8) is 0 Å². The highest BCUT2D eigenvalue weighted by Crippen LogP contribution is 2.55. The van der Waals surface area contributed by atoms with Crippen LogP contribution in [0.15, 0.2) is 0 Å². The quantitative estimate of drug-likeness (QED) is 0.769. The van der Waals surface area contributed by atoms with Crippen LogP contribution in [0.5, 0.6) is 0 Å². The van der Waals surface area contributed by atoms with Crippen molar-refractivity contribution in [2.24, 2.45) is 17.3 Å². The fourth-order valence-corrected chi connectivity index (χ4v) is 4.75. The van der Waals surface area contributed by atoms with Gasteiger partial charge in [-0.15, -0.1) is 0 Å². The molecule has 0 N–H and O–H groups in total. The Kier molecular flexibility index (Phi) is 3.92. The molecule has 1 saturated heterocycles. The Bertz CT molecular complexity index is 296. The fraction of sp³-hybridized carbons (Fsp3) is 1.00. The second kappa shape index (κ2) is 5.37. The third kappa shape index (κ3) is 2.71. The Morgan fingerprint density at radius 3 is 2.32 bits per heavy atom. The van der Waals surface area contributed by atoms with E-state index in [1.165, 1.54) is 64.8 Å². The lowest BCUT2D eigenvalue weighted by molar-refractivity contribution is -0.0353. The van der Waals surface area contributed by atoms with Gasteiger partial charge >= 0.3 is 0 Å². The van der Waals surface area contributed by atoms with Crippen LogP contribution in [0.4, 0.5) is 0 Å². The fourth-order valence-electron chi connectivity index (χ4n) is 4.75. The van der Waals surface area contributed by atoms with E-state index in [9.17, 15) is 0 Å². The first kappa shape index (κ1) is 13.9. The molecule has 3 rings (SSSR count). The molecule has 2 nitrogen and oxygen atoms in total. The number of hydrogen-bond donors (Lipinski definition) is 0. The zero-order valence-corrected chi connectivity index (χ0v) is 13.2. The number of nitrogens with zero attached hydrogens (tertiary/aromatic N) is 2. The molecule has 0 amide bonds. The van der Waals surface area contributed by atoms with Crippen LogP contribution >= 0.6 is 0 Å². The third-order valence-corrected chi connectivity index (χ3v) is 6.42. The minimum Gasteiger partial charge on any atom is -0.289 e. The molecule has 1 heterocycles. The van der Waals surface area contributed by atoms with Gasteiger partial charge in [-0.3, -0.25) is 9.80 Å². The SMILES string of the molecule is CCN1CCN(C2CC3(CCC(C(C)C)CC3)C2)C1. The molecule has 0 aromatic heterocycles. The summed E-state index contributed by atoms with van der Waals surface area (Å²) in [6.07, 6.45) is 9.08. The summed E-state index contributed by atoms with van der Waals surface area (Å²) in [5.74, 6) is 1.93. The van der Waals surface area contributed by atoms with Crippen LogP contribution in [-0.2, 0) is 0 Å². The largest absolute Gasteiger partial charge is 0.289 e. The average molecular weight is 264 g/mol. The monoisotopic (exact) mass is 264 g/mol. The minimum atomic E-state index is 0.774. The summed E-state index contributed by atoms with van der Waals surface area (Å²) >= 11 is 0. The molecule has 2 heteroatoms. The van der Waals surface area contributed by atoms with Gasteiger partial charge in [0.25, 0.3) is 0 Å². The molecule has 3 aliphatic rings. The van der Waals surface area contributed by atoms with E-state index in [0.717, 1.165) is 23.3 Å². The van der Waals surface area contributed by atoms with Crippen molar-refractivity contribution in [3.05, 3.63) is 0 Å². The lowest BCUT2D eigenvalue weighted by Gasteiger charge is -2.54. The molecular formula is C17H32N2. The lowest BCUT2D eigenvalue weighted by atomic mass is 9.56. The summed E-state index contributed by atoms with van der Waals surface area (Å²) in [6, 6.07) is 0.923. The van der Waals surface area contributed by atoms with E-state index in [-0.39, 0.29) is 0 Å². The molecule has 0 radical (unpaired) electrons. The van der Waals surface area contributed by atoms with Gasteiger partial charge in [-0.1, -0.05) is 20.8 Å². The third-order valence-electron chi connectivity index (χ3n) is 6.42. The molecule has 2 saturated carbocycles. The number of hydrogen-bond acceptors (Lipinski definition) is 2. The first-order valence-corrected chi connectivity index (χ1v) is 8.58. The van der Waals surface area contributed by atoms with E-state index in [2.05, 4.69) is 30.6 Å².